The number of rotatable bonds is 2. The van der Waals surface area contributed by atoms with Gasteiger partial charge >= 0.3 is 0 Å². The van der Waals surface area contributed by atoms with Crippen molar-refractivity contribution in [3.05, 3.63) is 46.8 Å². The highest BCUT2D eigenvalue weighted by Crippen LogP contribution is 2.24. The van der Waals surface area contributed by atoms with E-state index < -0.39 is 0 Å². The summed E-state index contributed by atoms with van der Waals surface area (Å²) in [5, 5.41) is 7.85. The van der Waals surface area contributed by atoms with Crippen molar-refractivity contribution in [3.63, 3.8) is 0 Å². The molecule has 0 aliphatic carbocycles. The van der Waals surface area contributed by atoms with Gasteiger partial charge in [-0.05, 0) is 43.0 Å². The first-order valence-electron chi connectivity index (χ1n) is 6.57. The zero-order chi connectivity index (χ0) is 12.5. The van der Waals surface area contributed by atoms with E-state index in [4.69, 9.17) is 0 Å². The van der Waals surface area contributed by atoms with E-state index in [1.54, 1.807) is 0 Å². The van der Waals surface area contributed by atoms with Gasteiger partial charge in [-0.2, -0.15) is 5.10 Å². The Morgan fingerprint density at radius 2 is 2.22 bits per heavy atom. The molecule has 1 aliphatic rings. The summed E-state index contributed by atoms with van der Waals surface area (Å²) in [6.07, 6.45) is 3.40. The number of fused-ring (bicyclic) bond motifs is 1. The predicted octanol–water partition coefficient (Wildman–Crippen LogP) is 2.68. The second-order valence-corrected chi connectivity index (χ2v) is 5.10. The molecule has 3 nitrogen and oxygen atoms in total. The molecule has 2 aromatic rings. The molecular weight excluding hydrogens is 222 g/mol. The highest BCUT2D eigenvalue weighted by molar-refractivity contribution is 5.54. The number of nitrogens with one attached hydrogen (secondary N) is 1. The largest absolute Gasteiger partial charge is 0.385 e. The van der Waals surface area contributed by atoms with Gasteiger partial charge < -0.3 is 5.32 Å². The Balaban J connectivity index is 1.87. The van der Waals surface area contributed by atoms with Crippen molar-refractivity contribution in [1.82, 2.24) is 9.78 Å². The lowest BCUT2D eigenvalue weighted by Crippen LogP contribution is -2.12. The van der Waals surface area contributed by atoms with Gasteiger partial charge in [0.1, 0.15) is 0 Å². The second-order valence-electron chi connectivity index (χ2n) is 5.10. The summed E-state index contributed by atoms with van der Waals surface area (Å²) in [4.78, 5) is 0. The van der Waals surface area contributed by atoms with Crippen molar-refractivity contribution in [1.29, 1.82) is 0 Å². The molecule has 1 aromatic heterocycles. The average Bonchev–Trinajstić information content (AvgIpc) is 2.68. The zero-order valence-electron chi connectivity index (χ0n) is 11.0. The summed E-state index contributed by atoms with van der Waals surface area (Å²) < 4.78 is 1.98. The van der Waals surface area contributed by atoms with Gasteiger partial charge in [0.05, 0.1) is 5.69 Å². The lowest BCUT2D eigenvalue weighted by Gasteiger charge is -2.18. The Labute approximate surface area is 108 Å². The number of nitrogens with zero attached hydrogens (tertiary/aromatic N) is 2. The minimum absolute atomic E-state index is 0.963. The standard InChI is InChI=1S/C15H19N3/c1-11-8-14(18(2)17-11)10-12-5-6-15-13(9-12)4-3-7-16-15/h5-6,8-9,16H,3-4,7,10H2,1-2H3. The number of anilines is 1. The summed E-state index contributed by atoms with van der Waals surface area (Å²) in [5.41, 5.74) is 6.51. The number of aromatic nitrogens is 2. The van der Waals surface area contributed by atoms with E-state index in [1.807, 2.05) is 18.7 Å². The van der Waals surface area contributed by atoms with E-state index in [1.165, 1.54) is 35.3 Å². The monoisotopic (exact) mass is 241 g/mol. The van der Waals surface area contributed by atoms with Gasteiger partial charge in [0, 0.05) is 31.4 Å². The Kier molecular flexibility index (Phi) is 2.82. The van der Waals surface area contributed by atoms with Crippen LogP contribution in [0.1, 0.15) is 28.9 Å². The van der Waals surface area contributed by atoms with E-state index in [9.17, 15) is 0 Å². The molecule has 3 heteroatoms. The summed E-state index contributed by atoms with van der Waals surface area (Å²) >= 11 is 0. The molecule has 1 N–H and O–H groups in total. The van der Waals surface area contributed by atoms with Gasteiger partial charge in [0.2, 0.25) is 0 Å². The van der Waals surface area contributed by atoms with Gasteiger partial charge in [-0.15, -0.1) is 0 Å². The first kappa shape index (κ1) is 11.3. The Morgan fingerprint density at radius 1 is 1.33 bits per heavy atom. The Hall–Kier alpha value is -1.77. The molecule has 0 amide bonds. The van der Waals surface area contributed by atoms with Crippen LogP contribution in [0.3, 0.4) is 0 Å². The van der Waals surface area contributed by atoms with Crippen molar-refractivity contribution >= 4 is 5.69 Å². The highest BCUT2D eigenvalue weighted by atomic mass is 15.3. The maximum Gasteiger partial charge on any atom is 0.0596 e. The fourth-order valence-corrected chi connectivity index (χ4v) is 2.68. The molecule has 3 rings (SSSR count). The van der Waals surface area contributed by atoms with Gasteiger partial charge in [-0.25, -0.2) is 0 Å². The van der Waals surface area contributed by atoms with Crippen LogP contribution in [-0.4, -0.2) is 16.3 Å². The van der Waals surface area contributed by atoms with Gasteiger partial charge in [-0.1, -0.05) is 12.1 Å². The van der Waals surface area contributed by atoms with E-state index >= 15 is 0 Å². The maximum absolute atomic E-state index is 4.40. The number of hydrogen-bond donors (Lipinski definition) is 1. The number of hydrogen-bond acceptors (Lipinski definition) is 2. The van der Waals surface area contributed by atoms with Crippen molar-refractivity contribution in [3.8, 4) is 0 Å². The van der Waals surface area contributed by atoms with Crippen molar-refractivity contribution in [2.24, 2.45) is 7.05 Å². The number of aryl methyl sites for hydroxylation is 3. The number of benzene rings is 1. The molecule has 1 aliphatic heterocycles. The zero-order valence-corrected chi connectivity index (χ0v) is 11.0. The third kappa shape index (κ3) is 2.13. The molecule has 0 unspecified atom stereocenters. The smallest absolute Gasteiger partial charge is 0.0596 e. The molecule has 1 aromatic carbocycles. The quantitative estimate of drug-likeness (QED) is 0.876. The summed E-state index contributed by atoms with van der Waals surface area (Å²) in [6, 6.07) is 8.94. The topological polar surface area (TPSA) is 29.9 Å². The summed E-state index contributed by atoms with van der Waals surface area (Å²) in [7, 11) is 2.02. The molecule has 0 fully saturated rings. The molecular formula is C15H19N3. The van der Waals surface area contributed by atoms with E-state index in [2.05, 4.69) is 34.7 Å². The fourth-order valence-electron chi connectivity index (χ4n) is 2.68. The van der Waals surface area contributed by atoms with E-state index in [0.29, 0.717) is 0 Å². The second kappa shape index (κ2) is 4.48. The minimum atomic E-state index is 0.963. The van der Waals surface area contributed by atoms with Crippen molar-refractivity contribution in [2.75, 3.05) is 11.9 Å². The molecule has 0 saturated carbocycles. The third-order valence-electron chi connectivity index (χ3n) is 3.59. The van der Waals surface area contributed by atoms with E-state index in [0.717, 1.165) is 18.7 Å². The van der Waals surface area contributed by atoms with Crippen molar-refractivity contribution < 1.29 is 0 Å². The molecule has 0 radical (unpaired) electrons. The molecule has 18 heavy (non-hydrogen) atoms. The minimum Gasteiger partial charge on any atom is -0.385 e. The van der Waals surface area contributed by atoms with Crippen molar-refractivity contribution in [2.45, 2.75) is 26.2 Å². The SMILES string of the molecule is Cc1cc(Cc2ccc3c(c2)CCCN3)n(C)n1. The van der Waals surface area contributed by atoms with Gasteiger partial charge in [0.25, 0.3) is 0 Å². The van der Waals surface area contributed by atoms with Crippen LogP contribution in [0.25, 0.3) is 0 Å². The molecule has 0 bridgehead atoms. The predicted molar refractivity (Wildman–Crippen MR) is 74.0 cm³/mol. The molecule has 94 valence electrons. The molecule has 0 atom stereocenters. The van der Waals surface area contributed by atoms with Crippen LogP contribution in [0.15, 0.2) is 24.3 Å². The first-order valence-corrected chi connectivity index (χ1v) is 6.57. The van der Waals surface area contributed by atoms with Crippen LogP contribution in [0.5, 0.6) is 0 Å². The van der Waals surface area contributed by atoms with Crippen LogP contribution in [0, 0.1) is 6.92 Å². The molecule has 0 spiro atoms. The van der Waals surface area contributed by atoms with E-state index in [-0.39, 0.29) is 0 Å². The maximum atomic E-state index is 4.40. The van der Waals surface area contributed by atoms with Gasteiger partial charge in [-0.3, -0.25) is 4.68 Å². The Morgan fingerprint density at radius 3 is 3.00 bits per heavy atom. The summed E-state index contributed by atoms with van der Waals surface area (Å²) in [6.45, 7) is 3.15. The normalized spacial score (nSPS) is 14.1. The van der Waals surface area contributed by atoms with Crippen LogP contribution in [0.2, 0.25) is 0 Å². The van der Waals surface area contributed by atoms with Crippen LogP contribution in [0.4, 0.5) is 5.69 Å². The van der Waals surface area contributed by atoms with Crippen LogP contribution in [-0.2, 0) is 19.9 Å². The van der Waals surface area contributed by atoms with Crippen LogP contribution < -0.4 is 5.32 Å². The average molecular weight is 241 g/mol. The third-order valence-corrected chi connectivity index (χ3v) is 3.59. The summed E-state index contributed by atoms with van der Waals surface area (Å²) in [5.74, 6) is 0. The lowest BCUT2D eigenvalue weighted by atomic mass is 9.99. The van der Waals surface area contributed by atoms with Gasteiger partial charge in [0.15, 0.2) is 0 Å². The first-order chi connectivity index (χ1) is 8.72. The molecule has 2 heterocycles. The fraction of sp³-hybridized carbons (Fsp3) is 0.400. The van der Waals surface area contributed by atoms with Crippen LogP contribution >= 0.6 is 0 Å². The molecule has 0 saturated heterocycles. The Bertz CT molecular complexity index is 569. The lowest BCUT2D eigenvalue weighted by molar-refractivity contribution is 0.716. The highest BCUT2D eigenvalue weighted by Gasteiger charge is 2.10.